The van der Waals surface area contributed by atoms with Gasteiger partial charge in [0.1, 0.15) is 18.3 Å². The van der Waals surface area contributed by atoms with Gasteiger partial charge in [-0.25, -0.2) is 0 Å². The molecule has 0 spiro atoms. The van der Waals surface area contributed by atoms with Crippen molar-refractivity contribution in [3.63, 3.8) is 0 Å². The Morgan fingerprint density at radius 1 is 0.714 bits per heavy atom. The lowest BCUT2D eigenvalue weighted by molar-refractivity contribution is -0.199. The topological polar surface area (TPSA) is 46.2 Å². The van der Waals surface area contributed by atoms with Gasteiger partial charge in [0, 0.05) is 11.6 Å². The fourth-order valence-corrected chi connectivity index (χ4v) is 4.45. The minimum atomic E-state index is -0.575. The maximum Gasteiger partial charge on any atom is 0.190 e. The fourth-order valence-electron chi connectivity index (χ4n) is 3.89. The zero-order valence-corrected chi connectivity index (χ0v) is 21.4. The summed E-state index contributed by atoms with van der Waals surface area (Å²) in [6.45, 7) is 1.68. The first-order valence-corrected chi connectivity index (χ1v) is 12.5. The van der Waals surface area contributed by atoms with Crippen molar-refractivity contribution in [1.29, 1.82) is 0 Å². The van der Waals surface area contributed by atoms with E-state index in [0.717, 1.165) is 21.2 Å². The molecule has 1 heterocycles. The van der Waals surface area contributed by atoms with Crippen LogP contribution in [0.4, 0.5) is 0 Å². The zero-order valence-electron chi connectivity index (χ0n) is 19.8. The van der Waals surface area contributed by atoms with Gasteiger partial charge in [-0.3, -0.25) is 0 Å². The molecule has 184 valence electrons. The Hall–Kier alpha value is -2.32. The highest BCUT2D eigenvalue weighted by Gasteiger charge is 2.37. The lowest BCUT2D eigenvalue weighted by Gasteiger charge is -2.31. The van der Waals surface area contributed by atoms with E-state index in [-0.39, 0.29) is 6.10 Å². The third-order valence-electron chi connectivity index (χ3n) is 5.72. The highest BCUT2D eigenvalue weighted by molar-refractivity contribution is 9.11. The molecule has 0 unspecified atom stereocenters. The van der Waals surface area contributed by atoms with Gasteiger partial charge >= 0.3 is 0 Å². The Morgan fingerprint density at radius 3 is 1.77 bits per heavy atom. The first kappa shape index (κ1) is 25.8. The van der Waals surface area contributed by atoms with Crippen LogP contribution in [-0.2, 0) is 43.5 Å². The molecular weight excluding hydrogens is 508 g/mol. The molecule has 0 saturated heterocycles. The van der Waals surface area contributed by atoms with E-state index in [2.05, 4.69) is 15.9 Å². The molecule has 0 bridgehead atoms. The molecule has 1 aliphatic rings. The quantitative estimate of drug-likeness (QED) is 0.298. The highest BCUT2D eigenvalue weighted by atomic mass is 79.9. The molecule has 0 N–H and O–H groups in total. The predicted molar refractivity (Wildman–Crippen MR) is 139 cm³/mol. The monoisotopic (exact) mass is 538 g/mol. The zero-order chi connectivity index (χ0) is 24.3. The second kappa shape index (κ2) is 13.7. The molecule has 3 aromatic carbocycles. The maximum absolute atomic E-state index is 6.46. The molecular formula is C29H31BrO5. The summed E-state index contributed by atoms with van der Waals surface area (Å²) in [4.78, 5) is 0. The Bertz CT molecular complexity index is 1030. The molecule has 4 rings (SSSR count). The second-order valence-corrected chi connectivity index (χ2v) is 9.23. The molecule has 0 aliphatic carbocycles. The molecule has 5 nitrogen and oxygen atoms in total. The van der Waals surface area contributed by atoms with Gasteiger partial charge in [0.15, 0.2) is 6.29 Å². The van der Waals surface area contributed by atoms with E-state index in [4.69, 9.17) is 23.7 Å². The van der Waals surface area contributed by atoms with Gasteiger partial charge in [0.2, 0.25) is 0 Å². The van der Waals surface area contributed by atoms with Crippen LogP contribution in [0.25, 0.3) is 0 Å². The van der Waals surface area contributed by atoms with E-state index in [1.165, 1.54) is 0 Å². The van der Waals surface area contributed by atoms with Gasteiger partial charge < -0.3 is 23.7 Å². The van der Waals surface area contributed by atoms with E-state index in [1.807, 2.05) is 97.1 Å². The summed E-state index contributed by atoms with van der Waals surface area (Å²) >= 11 is 3.62. The maximum atomic E-state index is 6.46. The van der Waals surface area contributed by atoms with Gasteiger partial charge in [-0.2, -0.15) is 0 Å². The van der Waals surface area contributed by atoms with E-state index < -0.39 is 18.5 Å². The summed E-state index contributed by atoms with van der Waals surface area (Å²) < 4.78 is 31.6. The Kier molecular flexibility index (Phi) is 10.1. The summed E-state index contributed by atoms with van der Waals surface area (Å²) in [5.74, 6) is 0. The molecule has 35 heavy (non-hydrogen) atoms. The SMILES string of the molecule is CO[C@H]1O[C@H](COCc2ccccc2)[C@@H](OCc2ccccc2)[C@H](OCc2ccccc2)C=C1Br. The van der Waals surface area contributed by atoms with E-state index >= 15 is 0 Å². The standard InChI is InChI=1S/C29H31BrO5/c1-31-29-25(30)17-26(33-19-23-13-7-3-8-14-23)28(34-20-24-15-9-4-10-16-24)27(35-29)21-32-18-22-11-5-2-6-12-22/h2-17,26-29H,18-21H2,1H3/t26-,27-,28+,29+/m1/s1. The predicted octanol–water partition coefficient (Wildman–Crippen LogP) is 6.02. The van der Waals surface area contributed by atoms with Crippen LogP contribution in [-0.4, -0.2) is 38.3 Å². The number of rotatable bonds is 11. The van der Waals surface area contributed by atoms with Crippen molar-refractivity contribution < 1.29 is 23.7 Å². The van der Waals surface area contributed by atoms with Gasteiger partial charge in [0.25, 0.3) is 0 Å². The molecule has 0 saturated carbocycles. The summed E-state index contributed by atoms with van der Waals surface area (Å²) in [5, 5.41) is 0. The minimum absolute atomic E-state index is 0.327. The largest absolute Gasteiger partial charge is 0.374 e. The smallest absolute Gasteiger partial charge is 0.190 e. The fraction of sp³-hybridized carbons (Fsp3) is 0.310. The number of ether oxygens (including phenoxy) is 5. The molecule has 3 aromatic rings. The molecule has 0 amide bonds. The summed E-state index contributed by atoms with van der Waals surface area (Å²) in [6.07, 6.45) is 0.193. The average molecular weight is 539 g/mol. The van der Waals surface area contributed by atoms with Crippen LogP contribution in [0.3, 0.4) is 0 Å². The molecule has 1 aliphatic heterocycles. The van der Waals surface area contributed by atoms with E-state index in [1.54, 1.807) is 7.11 Å². The molecule has 0 aromatic heterocycles. The van der Waals surface area contributed by atoms with Crippen LogP contribution in [0.5, 0.6) is 0 Å². The van der Waals surface area contributed by atoms with Crippen LogP contribution in [0.2, 0.25) is 0 Å². The van der Waals surface area contributed by atoms with Crippen molar-refractivity contribution in [3.8, 4) is 0 Å². The van der Waals surface area contributed by atoms with Crippen LogP contribution < -0.4 is 0 Å². The molecule has 6 heteroatoms. The molecule has 0 fully saturated rings. The second-order valence-electron chi connectivity index (χ2n) is 8.32. The van der Waals surface area contributed by atoms with Crippen molar-refractivity contribution in [2.75, 3.05) is 13.7 Å². The number of methoxy groups -OCH3 is 1. The van der Waals surface area contributed by atoms with Crippen molar-refractivity contribution in [3.05, 3.63) is 118 Å². The van der Waals surface area contributed by atoms with Crippen molar-refractivity contribution >= 4 is 15.9 Å². The Morgan fingerprint density at radius 2 is 1.23 bits per heavy atom. The van der Waals surface area contributed by atoms with Gasteiger partial charge in [-0.1, -0.05) is 107 Å². The third-order valence-corrected chi connectivity index (χ3v) is 6.35. The van der Waals surface area contributed by atoms with Crippen molar-refractivity contribution in [1.82, 2.24) is 0 Å². The van der Waals surface area contributed by atoms with Gasteiger partial charge in [-0.05, 0) is 22.8 Å². The first-order valence-electron chi connectivity index (χ1n) is 11.7. The number of hydrogen-bond donors (Lipinski definition) is 0. The van der Waals surface area contributed by atoms with Gasteiger partial charge in [-0.15, -0.1) is 0 Å². The number of halogens is 1. The first-order chi connectivity index (χ1) is 17.2. The normalized spacial score (nSPS) is 22.4. The van der Waals surface area contributed by atoms with Gasteiger partial charge in [0.05, 0.1) is 26.4 Å². The number of hydrogen-bond acceptors (Lipinski definition) is 5. The van der Waals surface area contributed by atoms with Crippen LogP contribution in [0.15, 0.2) is 102 Å². The van der Waals surface area contributed by atoms with Crippen molar-refractivity contribution in [2.45, 2.75) is 44.4 Å². The Balaban J connectivity index is 1.52. The average Bonchev–Trinajstić information content (AvgIpc) is 3.03. The Labute approximate surface area is 215 Å². The summed E-state index contributed by atoms with van der Waals surface area (Å²) in [7, 11) is 1.62. The number of benzene rings is 3. The molecule has 0 radical (unpaired) electrons. The van der Waals surface area contributed by atoms with Crippen LogP contribution in [0.1, 0.15) is 16.7 Å². The summed E-state index contributed by atoms with van der Waals surface area (Å²) in [5.41, 5.74) is 3.26. The molecule has 4 atom stereocenters. The minimum Gasteiger partial charge on any atom is -0.374 e. The lowest BCUT2D eigenvalue weighted by Crippen LogP contribution is -2.44. The van der Waals surface area contributed by atoms with Crippen LogP contribution in [0, 0.1) is 0 Å². The van der Waals surface area contributed by atoms with Crippen molar-refractivity contribution in [2.24, 2.45) is 0 Å². The van der Waals surface area contributed by atoms with Crippen LogP contribution >= 0.6 is 15.9 Å². The highest BCUT2D eigenvalue weighted by Crippen LogP contribution is 2.29. The third kappa shape index (κ3) is 7.84. The van der Waals surface area contributed by atoms with E-state index in [9.17, 15) is 0 Å². The van der Waals surface area contributed by atoms with E-state index in [0.29, 0.717) is 26.4 Å². The summed E-state index contributed by atoms with van der Waals surface area (Å²) in [6, 6.07) is 30.3. The lowest BCUT2D eigenvalue weighted by atomic mass is 10.1.